The summed E-state index contributed by atoms with van der Waals surface area (Å²) in [6.07, 6.45) is -6.17. The molecule has 1 aliphatic heterocycles. The highest BCUT2D eigenvalue weighted by molar-refractivity contribution is 5.13. The molecular weight excluding hydrogens is 252 g/mol. The number of rotatable bonds is 4. The van der Waals surface area contributed by atoms with Gasteiger partial charge in [0.05, 0.1) is 13.2 Å². The van der Waals surface area contributed by atoms with E-state index in [9.17, 15) is 15.3 Å². The van der Waals surface area contributed by atoms with E-state index in [4.69, 9.17) is 14.6 Å². The van der Waals surface area contributed by atoms with Crippen LogP contribution in [-0.4, -0.2) is 57.7 Å². The van der Waals surface area contributed by atoms with Gasteiger partial charge in [0.25, 0.3) is 0 Å². The first-order valence-corrected chi connectivity index (χ1v) is 6.09. The third-order valence-electron chi connectivity index (χ3n) is 3.11. The van der Waals surface area contributed by atoms with Gasteiger partial charge >= 0.3 is 0 Å². The highest BCUT2D eigenvalue weighted by atomic mass is 16.7. The molecule has 1 fully saturated rings. The lowest BCUT2D eigenvalue weighted by Crippen LogP contribution is -2.59. The van der Waals surface area contributed by atoms with Gasteiger partial charge in [0.2, 0.25) is 0 Å². The van der Waals surface area contributed by atoms with Gasteiger partial charge in [0.15, 0.2) is 6.29 Å². The van der Waals surface area contributed by atoms with E-state index >= 15 is 0 Å². The normalized spacial score (nSPS) is 35.3. The van der Waals surface area contributed by atoms with Crippen molar-refractivity contribution < 1.29 is 29.9 Å². The fourth-order valence-corrected chi connectivity index (χ4v) is 1.96. The Bertz CT molecular complexity index is 382. The van der Waals surface area contributed by atoms with Gasteiger partial charge in [-0.05, 0) is 5.56 Å². The molecule has 1 aromatic rings. The molecule has 5 atom stereocenters. The second-order valence-corrected chi connectivity index (χ2v) is 4.49. The van der Waals surface area contributed by atoms with Crippen LogP contribution >= 0.6 is 0 Å². The summed E-state index contributed by atoms with van der Waals surface area (Å²) in [6, 6.07) is 9.28. The molecule has 1 saturated heterocycles. The van der Waals surface area contributed by atoms with Crippen LogP contribution in [0.3, 0.4) is 0 Å². The number of hydrogen-bond donors (Lipinski definition) is 4. The number of hydrogen-bond acceptors (Lipinski definition) is 6. The van der Waals surface area contributed by atoms with Gasteiger partial charge in [0, 0.05) is 0 Å². The second-order valence-electron chi connectivity index (χ2n) is 4.49. The highest BCUT2D eigenvalue weighted by Crippen LogP contribution is 2.22. The van der Waals surface area contributed by atoms with Crippen molar-refractivity contribution in [2.45, 2.75) is 37.3 Å². The van der Waals surface area contributed by atoms with Crippen molar-refractivity contribution >= 4 is 0 Å². The van der Waals surface area contributed by atoms with Gasteiger partial charge < -0.3 is 29.9 Å². The lowest BCUT2D eigenvalue weighted by atomic mass is 9.99. The Hall–Kier alpha value is -1.02. The first-order valence-electron chi connectivity index (χ1n) is 6.09. The average Bonchev–Trinajstić information content (AvgIpc) is 2.45. The monoisotopic (exact) mass is 270 g/mol. The van der Waals surface area contributed by atoms with Crippen molar-refractivity contribution in [1.29, 1.82) is 0 Å². The third-order valence-corrected chi connectivity index (χ3v) is 3.11. The summed E-state index contributed by atoms with van der Waals surface area (Å²) in [5.74, 6) is 0. The maximum atomic E-state index is 9.76. The summed E-state index contributed by atoms with van der Waals surface area (Å²) in [7, 11) is 0. The summed E-state index contributed by atoms with van der Waals surface area (Å²) < 4.78 is 10.6. The third kappa shape index (κ3) is 3.30. The standard InChI is InChI=1S/C13H18O6/c14-6-9-10(15)11(16)12(17)13(19-9)18-7-8-4-2-1-3-5-8/h1-5,9-17H,6-7H2/t9-,10+,11-,12-,13+/m1/s1. The van der Waals surface area contributed by atoms with E-state index in [2.05, 4.69) is 0 Å². The minimum Gasteiger partial charge on any atom is -0.394 e. The van der Waals surface area contributed by atoms with E-state index in [0.29, 0.717) is 0 Å². The molecule has 6 heteroatoms. The van der Waals surface area contributed by atoms with Gasteiger partial charge in [-0.15, -0.1) is 0 Å². The summed E-state index contributed by atoms with van der Waals surface area (Å²) in [5.41, 5.74) is 0.888. The molecule has 2 rings (SSSR count). The van der Waals surface area contributed by atoms with E-state index in [1.165, 1.54) is 0 Å². The molecule has 0 bridgehead atoms. The zero-order valence-electron chi connectivity index (χ0n) is 10.3. The molecule has 1 heterocycles. The number of ether oxygens (including phenoxy) is 2. The Morgan fingerprint density at radius 1 is 1.00 bits per heavy atom. The van der Waals surface area contributed by atoms with Crippen LogP contribution in [0, 0.1) is 0 Å². The van der Waals surface area contributed by atoms with Crippen LogP contribution in [0.25, 0.3) is 0 Å². The summed E-state index contributed by atoms with van der Waals surface area (Å²) in [6.45, 7) is -0.264. The van der Waals surface area contributed by atoms with Crippen molar-refractivity contribution in [3.63, 3.8) is 0 Å². The zero-order chi connectivity index (χ0) is 13.8. The Balaban J connectivity index is 1.95. The highest BCUT2D eigenvalue weighted by Gasteiger charge is 2.43. The maximum Gasteiger partial charge on any atom is 0.187 e. The molecule has 0 aliphatic carbocycles. The van der Waals surface area contributed by atoms with Crippen LogP contribution in [0.1, 0.15) is 5.56 Å². The molecule has 6 nitrogen and oxygen atoms in total. The van der Waals surface area contributed by atoms with Crippen molar-refractivity contribution in [2.75, 3.05) is 6.61 Å². The average molecular weight is 270 g/mol. The first-order chi connectivity index (χ1) is 9.13. The summed E-state index contributed by atoms with van der Waals surface area (Å²) >= 11 is 0. The number of aliphatic hydroxyl groups excluding tert-OH is 4. The molecule has 1 aromatic carbocycles. The number of aliphatic hydroxyl groups is 4. The molecule has 0 radical (unpaired) electrons. The topological polar surface area (TPSA) is 99.4 Å². The zero-order valence-corrected chi connectivity index (χ0v) is 10.3. The van der Waals surface area contributed by atoms with E-state index in [-0.39, 0.29) is 6.61 Å². The molecule has 0 aromatic heterocycles. The fraction of sp³-hybridized carbons (Fsp3) is 0.538. The Labute approximate surface area is 110 Å². The molecule has 0 spiro atoms. The van der Waals surface area contributed by atoms with Crippen LogP contribution in [0.5, 0.6) is 0 Å². The van der Waals surface area contributed by atoms with E-state index in [0.717, 1.165) is 5.56 Å². The van der Waals surface area contributed by atoms with Crippen LogP contribution < -0.4 is 0 Å². The predicted molar refractivity (Wildman–Crippen MR) is 65.0 cm³/mol. The minimum atomic E-state index is -1.41. The second kappa shape index (κ2) is 6.42. The quantitative estimate of drug-likeness (QED) is 0.560. The van der Waals surface area contributed by atoms with Crippen LogP contribution in [-0.2, 0) is 16.1 Å². The molecule has 0 unspecified atom stereocenters. The van der Waals surface area contributed by atoms with E-state index < -0.39 is 37.3 Å². The van der Waals surface area contributed by atoms with Crippen LogP contribution in [0.15, 0.2) is 30.3 Å². The maximum absolute atomic E-state index is 9.76. The predicted octanol–water partition coefficient (Wildman–Crippen LogP) is -0.997. The Kier molecular flexibility index (Phi) is 4.87. The Morgan fingerprint density at radius 3 is 2.32 bits per heavy atom. The van der Waals surface area contributed by atoms with Gasteiger partial charge in [0.1, 0.15) is 24.4 Å². The fourth-order valence-electron chi connectivity index (χ4n) is 1.96. The van der Waals surface area contributed by atoms with Gasteiger partial charge in [-0.1, -0.05) is 30.3 Å². The number of benzene rings is 1. The molecule has 1 aliphatic rings. The van der Waals surface area contributed by atoms with Crippen molar-refractivity contribution in [3.8, 4) is 0 Å². The van der Waals surface area contributed by atoms with Crippen LogP contribution in [0.4, 0.5) is 0 Å². The lowest BCUT2D eigenvalue weighted by molar-refractivity contribution is -0.304. The molecule has 19 heavy (non-hydrogen) atoms. The Morgan fingerprint density at radius 2 is 1.68 bits per heavy atom. The van der Waals surface area contributed by atoms with Crippen molar-refractivity contribution in [2.24, 2.45) is 0 Å². The van der Waals surface area contributed by atoms with E-state index in [1.807, 2.05) is 30.3 Å². The van der Waals surface area contributed by atoms with Crippen molar-refractivity contribution in [1.82, 2.24) is 0 Å². The van der Waals surface area contributed by atoms with Gasteiger partial charge in [-0.25, -0.2) is 0 Å². The van der Waals surface area contributed by atoms with Gasteiger partial charge in [-0.3, -0.25) is 0 Å². The van der Waals surface area contributed by atoms with Crippen LogP contribution in [0.2, 0.25) is 0 Å². The molecule has 0 amide bonds. The SMILES string of the molecule is OC[C@H]1O[C@H](OCc2ccccc2)[C@H](O)[C@H](O)[C@H]1O. The van der Waals surface area contributed by atoms with Gasteiger partial charge in [-0.2, -0.15) is 0 Å². The molecule has 4 N–H and O–H groups in total. The molecular formula is C13H18O6. The molecule has 0 saturated carbocycles. The lowest BCUT2D eigenvalue weighted by Gasteiger charge is -2.39. The smallest absolute Gasteiger partial charge is 0.187 e. The van der Waals surface area contributed by atoms with Crippen molar-refractivity contribution in [3.05, 3.63) is 35.9 Å². The largest absolute Gasteiger partial charge is 0.394 e. The first kappa shape index (κ1) is 14.4. The summed E-state index contributed by atoms with van der Waals surface area (Å²) in [4.78, 5) is 0. The summed E-state index contributed by atoms with van der Waals surface area (Å²) in [5, 5.41) is 38.0. The minimum absolute atomic E-state index is 0.198. The molecule has 106 valence electrons. The van der Waals surface area contributed by atoms with E-state index in [1.54, 1.807) is 0 Å².